The second-order valence-electron chi connectivity index (χ2n) is 6.75. The third kappa shape index (κ3) is 4.76. The van der Waals surface area contributed by atoms with Crippen molar-refractivity contribution >= 4 is 19.4 Å². The molecule has 0 spiro atoms. The smallest absolute Gasteiger partial charge is 0.327 e. The summed E-state index contributed by atoms with van der Waals surface area (Å²) in [6, 6.07) is 5.39. The molecule has 160 valence electrons. The van der Waals surface area contributed by atoms with Crippen LogP contribution in [0.1, 0.15) is 26.4 Å². The van der Waals surface area contributed by atoms with Crippen molar-refractivity contribution in [2.45, 2.75) is 13.1 Å². The van der Waals surface area contributed by atoms with Gasteiger partial charge in [-0.2, -0.15) is 0 Å². The Hall–Kier alpha value is -3.01. The minimum Gasteiger partial charge on any atom is -0.503 e. The lowest BCUT2D eigenvalue weighted by Gasteiger charge is -2.30. The van der Waals surface area contributed by atoms with Crippen molar-refractivity contribution in [1.29, 1.82) is 0 Å². The van der Waals surface area contributed by atoms with Crippen LogP contribution in [-0.4, -0.2) is 55.4 Å². The van der Waals surface area contributed by atoms with Crippen LogP contribution >= 0.6 is 7.60 Å². The van der Waals surface area contributed by atoms with E-state index in [2.05, 4.69) is 5.32 Å². The largest absolute Gasteiger partial charge is 0.503 e. The first-order chi connectivity index (χ1) is 14.1. The molecule has 1 aliphatic rings. The van der Waals surface area contributed by atoms with Crippen molar-refractivity contribution in [1.82, 2.24) is 14.8 Å². The van der Waals surface area contributed by atoms with Crippen LogP contribution in [0.2, 0.25) is 0 Å². The molecule has 3 rings (SSSR count). The van der Waals surface area contributed by atoms with Crippen molar-refractivity contribution in [3.63, 3.8) is 0 Å². The fourth-order valence-electron chi connectivity index (χ4n) is 3.04. The molecule has 1 aromatic carbocycles. The van der Waals surface area contributed by atoms with Gasteiger partial charge in [0.05, 0.1) is 6.16 Å². The Morgan fingerprint density at radius 2 is 1.83 bits per heavy atom. The van der Waals surface area contributed by atoms with Gasteiger partial charge in [-0.05, 0) is 17.7 Å². The number of carbonyl (C=O) groups excluding carboxylic acids is 2. The summed E-state index contributed by atoms with van der Waals surface area (Å²) >= 11 is 0. The van der Waals surface area contributed by atoms with E-state index in [0.29, 0.717) is 5.56 Å². The van der Waals surface area contributed by atoms with Crippen molar-refractivity contribution < 1.29 is 33.4 Å². The number of rotatable bonds is 6. The van der Waals surface area contributed by atoms with Crippen LogP contribution in [0.4, 0.5) is 4.39 Å². The lowest BCUT2D eigenvalue weighted by Crippen LogP contribution is -2.43. The average Bonchev–Trinajstić information content (AvgIpc) is 2.68. The van der Waals surface area contributed by atoms with E-state index in [-0.39, 0.29) is 37.4 Å². The van der Waals surface area contributed by atoms with E-state index < -0.39 is 42.6 Å². The van der Waals surface area contributed by atoms with Crippen LogP contribution in [0.3, 0.4) is 0 Å². The van der Waals surface area contributed by atoms with Crippen molar-refractivity contribution in [3.05, 3.63) is 63.3 Å². The van der Waals surface area contributed by atoms with E-state index >= 15 is 0 Å². The molecule has 2 amide bonds. The number of pyridine rings is 1. The first-order valence-corrected chi connectivity index (χ1v) is 10.7. The second kappa shape index (κ2) is 8.39. The maximum atomic E-state index is 12.9. The number of aromatic hydroxyl groups is 1. The summed E-state index contributed by atoms with van der Waals surface area (Å²) in [7, 11) is -4.32. The Labute approximate surface area is 169 Å². The highest BCUT2D eigenvalue weighted by molar-refractivity contribution is 7.51. The fraction of sp³-hybridized carbons (Fsp3) is 0.278. The lowest BCUT2D eigenvalue weighted by molar-refractivity contribution is 0.0705. The summed E-state index contributed by atoms with van der Waals surface area (Å²) in [6.07, 6.45) is 0.614. The summed E-state index contributed by atoms with van der Waals surface area (Å²) in [5, 5.41) is 12.7. The zero-order chi connectivity index (χ0) is 22.1. The van der Waals surface area contributed by atoms with Crippen molar-refractivity contribution in [3.8, 4) is 5.75 Å². The Bertz CT molecular complexity index is 1090. The maximum absolute atomic E-state index is 12.9. The van der Waals surface area contributed by atoms with Crippen molar-refractivity contribution in [2.24, 2.45) is 0 Å². The normalized spacial score (nSPS) is 13.8. The molecule has 1 aliphatic heterocycles. The van der Waals surface area contributed by atoms with Crippen LogP contribution in [-0.2, 0) is 17.7 Å². The van der Waals surface area contributed by atoms with E-state index in [1.165, 1.54) is 28.8 Å². The van der Waals surface area contributed by atoms with Gasteiger partial charge in [-0.3, -0.25) is 18.9 Å². The zero-order valence-electron chi connectivity index (χ0n) is 15.6. The quantitative estimate of drug-likeness (QED) is 0.472. The molecule has 0 saturated heterocycles. The van der Waals surface area contributed by atoms with E-state index in [0.717, 1.165) is 11.1 Å². The van der Waals surface area contributed by atoms with Crippen LogP contribution in [0.5, 0.6) is 5.75 Å². The molecule has 0 unspecified atom stereocenters. The number of carbonyl (C=O) groups is 2. The summed E-state index contributed by atoms with van der Waals surface area (Å²) in [5.74, 6) is -2.87. The summed E-state index contributed by atoms with van der Waals surface area (Å²) in [4.78, 5) is 56.5. The highest BCUT2D eigenvalue weighted by Gasteiger charge is 2.31. The summed E-state index contributed by atoms with van der Waals surface area (Å²) in [6.45, 7) is -0.00804. The Morgan fingerprint density at radius 1 is 1.17 bits per heavy atom. The third-order valence-corrected chi connectivity index (χ3v) is 5.41. The molecule has 1 aromatic heterocycles. The number of benzene rings is 1. The minimum atomic E-state index is -4.32. The molecule has 0 aliphatic carbocycles. The SMILES string of the molecule is O=C(NCc1ccc(F)cc1)c1cn2c(c(O)c1=O)C(=O)N(CCP(=O)(O)O)CC2. The van der Waals surface area contributed by atoms with Crippen LogP contribution in [0, 0.1) is 5.82 Å². The van der Waals surface area contributed by atoms with Gasteiger partial charge >= 0.3 is 7.60 Å². The molecule has 2 heterocycles. The summed E-state index contributed by atoms with van der Waals surface area (Å²) in [5.41, 5.74) is -1.15. The molecule has 0 radical (unpaired) electrons. The minimum absolute atomic E-state index is 0.0240. The Morgan fingerprint density at radius 3 is 2.47 bits per heavy atom. The predicted octanol–water partition coefficient (Wildman–Crippen LogP) is 0.256. The lowest BCUT2D eigenvalue weighted by atomic mass is 10.1. The molecular formula is C18H19FN3O7P. The number of aromatic nitrogens is 1. The standard InChI is InChI=1S/C18H19FN3O7P/c19-12-3-1-11(2-4-12)9-20-17(25)13-10-22-6-5-21(7-8-30(27,28)29)18(26)14(22)16(24)15(13)23/h1-4,10,24H,5-9H2,(H,20,25)(H2,27,28,29). The molecule has 30 heavy (non-hydrogen) atoms. The molecule has 0 saturated carbocycles. The molecule has 12 heteroatoms. The fourth-order valence-corrected chi connectivity index (χ4v) is 3.54. The van der Waals surface area contributed by atoms with Gasteiger partial charge in [0.15, 0.2) is 11.4 Å². The van der Waals surface area contributed by atoms with Gasteiger partial charge in [-0.1, -0.05) is 12.1 Å². The van der Waals surface area contributed by atoms with E-state index in [1.54, 1.807) is 0 Å². The number of fused-ring (bicyclic) bond motifs is 1. The van der Waals surface area contributed by atoms with Gasteiger partial charge < -0.3 is 29.7 Å². The molecule has 4 N–H and O–H groups in total. The Kier molecular flexibility index (Phi) is 6.06. The summed E-state index contributed by atoms with van der Waals surface area (Å²) < 4.78 is 25.2. The number of hydrogen-bond donors (Lipinski definition) is 4. The number of hydrogen-bond acceptors (Lipinski definition) is 5. The van der Waals surface area contributed by atoms with Gasteiger partial charge in [0.1, 0.15) is 11.4 Å². The highest BCUT2D eigenvalue weighted by Crippen LogP contribution is 2.34. The molecule has 2 aromatic rings. The number of nitrogens with zero attached hydrogens (tertiary/aromatic N) is 2. The molecular weight excluding hydrogens is 420 g/mol. The monoisotopic (exact) mass is 439 g/mol. The first-order valence-electron chi connectivity index (χ1n) is 8.90. The number of halogens is 1. The van der Waals surface area contributed by atoms with Crippen molar-refractivity contribution in [2.75, 3.05) is 19.3 Å². The van der Waals surface area contributed by atoms with Gasteiger partial charge in [0, 0.05) is 32.4 Å². The van der Waals surface area contributed by atoms with E-state index in [1.807, 2.05) is 0 Å². The van der Waals surface area contributed by atoms with E-state index in [4.69, 9.17) is 9.79 Å². The highest BCUT2D eigenvalue weighted by atomic mass is 31.2. The maximum Gasteiger partial charge on any atom is 0.327 e. The first kappa shape index (κ1) is 21.7. The van der Waals surface area contributed by atoms with Gasteiger partial charge in [-0.15, -0.1) is 0 Å². The van der Waals surface area contributed by atoms with Crippen LogP contribution in [0.15, 0.2) is 35.3 Å². The predicted molar refractivity (Wildman–Crippen MR) is 103 cm³/mol. The second-order valence-corrected chi connectivity index (χ2v) is 8.53. The van der Waals surface area contributed by atoms with Crippen LogP contribution in [0.25, 0.3) is 0 Å². The third-order valence-electron chi connectivity index (χ3n) is 4.63. The zero-order valence-corrected chi connectivity index (χ0v) is 16.5. The molecule has 10 nitrogen and oxygen atoms in total. The average molecular weight is 439 g/mol. The Balaban J connectivity index is 1.80. The number of nitrogens with one attached hydrogen (secondary N) is 1. The van der Waals surface area contributed by atoms with Gasteiger partial charge in [0.2, 0.25) is 5.43 Å². The van der Waals surface area contributed by atoms with E-state index in [9.17, 15) is 28.4 Å². The number of amides is 2. The van der Waals surface area contributed by atoms with Gasteiger partial charge in [-0.25, -0.2) is 4.39 Å². The topological polar surface area (TPSA) is 149 Å². The van der Waals surface area contributed by atoms with Crippen LogP contribution < -0.4 is 10.7 Å². The molecule has 0 atom stereocenters. The molecule has 0 fully saturated rings. The molecule has 0 bridgehead atoms. The van der Waals surface area contributed by atoms with Gasteiger partial charge in [0.25, 0.3) is 11.8 Å².